The number of ether oxygens (including phenoxy) is 1. The van der Waals surface area contributed by atoms with E-state index in [0.717, 1.165) is 33.4 Å². The van der Waals surface area contributed by atoms with Crippen molar-refractivity contribution >= 4 is 34.3 Å². The molecule has 2 N–H and O–H groups in total. The smallest absolute Gasteiger partial charge is 0.262 e. The van der Waals surface area contributed by atoms with Crippen LogP contribution < -0.4 is 10.1 Å². The maximum atomic E-state index is 12.1. The predicted molar refractivity (Wildman–Crippen MR) is 131 cm³/mol. The maximum Gasteiger partial charge on any atom is 0.262 e. The highest BCUT2D eigenvalue weighted by atomic mass is 16.5. The van der Waals surface area contributed by atoms with Gasteiger partial charge in [0.05, 0.1) is 16.6 Å². The highest BCUT2D eigenvalue weighted by Crippen LogP contribution is 2.23. The fourth-order valence-electron chi connectivity index (χ4n) is 3.45. The molecular formula is C27H24N4O2. The van der Waals surface area contributed by atoms with Gasteiger partial charge in [0, 0.05) is 5.69 Å². The number of aryl methyl sites for hydroxylation is 3. The van der Waals surface area contributed by atoms with Gasteiger partial charge in [0.25, 0.3) is 5.91 Å². The Kier molecular flexibility index (Phi) is 6.23. The summed E-state index contributed by atoms with van der Waals surface area (Å²) in [4.78, 5) is 19.9. The van der Waals surface area contributed by atoms with E-state index in [1.54, 1.807) is 18.2 Å². The number of amides is 1. The molecular weight excluding hydrogens is 412 g/mol. The van der Waals surface area contributed by atoms with E-state index in [1.165, 1.54) is 5.56 Å². The average molecular weight is 437 g/mol. The minimum absolute atomic E-state index is 0.0929. The molecule has 0 unspecified atom stereocenters. The molecule has 1 heterocycles. The van der Waals surface area contributed by atoms with Gasteiger partial charge in [-0.3, -0.25) is 4.79 Å². The highest BCUT2D eigenvalue weighted by molar-refractivity contribution is 5.92. The van der Waals surface area contributed by atoms with Crippen LogP contribution >= 0.6 is 0 Å². The number of fused-ring (bicyclic) bond motifs is 1. The van der Waals surface area contributed by atoms with E-state index in [0.29, 0.717) is 17.1 Å². The first-order valence-corrected chi connectivity index (χ1v) is 10.6. The lowest BCUT2D eigenvalue weighted by Crippen LogP contribution is -2.20. The molecule has 6 heteroatoms. The van der Waals surface area contributed by atoms with Crippen molar-refractivity contribution in [1.29, 1.82) is 5.26 Å². The molecule has 0 aliphatic heterocycles. The van der Waals surface area contributed by atoms with E-state index >= 15 is 0 Å². The minimum Gasteiger partial charge on any atom is -0.484 e. The second-order valence-electron chi connectivity index (χ2n) is 7.98. The number of hydrogen-bond acceptors (Lipinski definition) is 4. The molecule has 1 amide bonds. The Balaban J connectivity index is 1.42. The number of anilines is 1. The molecule has 0 aliphatic rings. The van der Waals surface area contributed by atoms with Crippen LogP contribution in [0.4, 0.5) is 5.69 Å². The van der Waals surface area contributed by atoms with E-state index in [1.807, 2.05) is 69.3 Å². The number of aromatic amines is 1. The first-order chi connectivity index (χ1) is 15.9. The zero-order valence-corrected chi connectivity index (χ0v) is 18.8. The van der Waals surface area contributed by atoms with Crippen molar-refractivity contribution < 1.29 is 9.53 Å². The molecule has 164 valence electrons. The first-order valence-electron chi connectivity index (χ1n) is 10.6. The summed E-state index contributed by atoms with van der Waals surface area (Å²) < 4.78 is 5.59. The van der Waals surface area contributed by atoms with E-state index in [-0.39, 0.29) is 12.5 Å². The monoisotopic (exact) mass is 436 g/mol. The van der Waals surface area contributed by atoms with Gasteiger partial charge >= 0.3 is 0 Å². The largest absolute Gasteiger partial charge is 0.484 e. The van der Waals surface area contributed by atoms with E-state index < -0.39 is 0 Å². The predicted octanol–water partition coefficient (Wildman–Crippen LogP) is 5.57. The van der Waals surface area contributed by atoms with Crippen LogP contribution in [0.15, 0.2) is 60.7 Å². The Morgan fingerprint density at radius 3 is 2.58 bits per heavy atom. The molecule has 33 heavy (non-hydrogen) atoms. The Hall–Kier alpha value is -4.37. The third-order valence-electron chi connectivity index (χ3n) is 5.34. The van der Waals surface area contributed by atoms with Crippen molar-refractivity contribution in [3.63, 3.8) is 0 Å². The van der Waals surface area contributed by atoms with Crippen molar-refractivity contribution in [2.45, 2.75) is 20.8 Å². The van der Waals surface area contributed by atoms with Gasteiger partial charge in [-0.25, -0.2) is 4.98 Å². The van der Waals surface area contributed by atoms with Crippen molar-refractivity contribution in [1.82, 2.24) is 9.97 Å². The second-order valence-corrected chi connectivity index (χ2v) is 7.98. The summed E-state index contributed by atoms with van der Waals surface area (Å²) in [7, 11) is 0. The molecule has 0 saturated carbocycles. The number of benzene rings is 3. The fourth-order valence-corrected chi connectivity index (χ4v) is 3.45. The van der Waals surface area contributed by atoms with E-state index in [4.69, 9.17) is 4.74 Å². The van der Waals surface area contributed by atoms with Crippen LogP contribution in [0.3, 0.4) is 0 Å². The zero-order valence-electron chi connectivity index (χ0n) is 18.8. The van der Waals surface area contributed by atoms with Crippen molar-refractivity contribution in [3.05, 3.63) is 88.7 Å². The van der Waals surface area contributed by atoms with Crippen molar-refractivity contribution in [2.24, 2.45) is 0 Å². The van der Waals surface area contributed by atoms with Gasteiger partial charge in [0.1, 0.15) is 17.6 Å². The molecule has 4 aromatic rings. The second kappa shape index (κ2) is 9.41. The number of imidazole rings is 1. The standard InChI is InChI=1S/C27H24N4O2/c1-17-5-4-6-22(11-17)29-26(32)16-33-23-9-7-20(8-10-23)14-21(15-28)27-30-24-12-18(2)19(3)13-25(24)31-27/h4-14H,16H2,1-3H3,(H,29,32)(H,30,31). The van der Waals surface area contributed by atoms with Crippen LogP contribution in [-0.2, 0) is 4.79 Å². The molecule has 3 aromatic carbocycles. The molecule has 0 aliphatic carbocycles. The minimum atomic E-state index is -0.230. The molecule has 0 radical (unpaired) electrons. The van der Waals surface area contributed by atoms with Gasteiger partial charge in [-0.15, -0.1) is 0 Å². The van der Waals surface area contributed by atoms with Crippen LogP contribution in [-0.4, -0.2) is 22.5 Å². The van der Waals surface area contributed by atoms with Crippen molar-refractivity contribution in [3.8, 4) is 11.8 Å². The average Bonchev–Trinajstić information content (AvgIpc) is 3.19. The molecule has 0 atom stereocenters. The van der Waals surface area contributed by atoms with E-state index in [9.17, 15) is 10.1 Å². The highest BCUT2D eigenvalue weighted by Gasteiger charge is 2.10. The molecule has 0 fully saturated rings. The Bertz CT molecular complexity index is 1350. The van der Waals surface area contributed by atoms with Gasteiger partial charge in [0.2, 0.25) is 0 Å². The summed E-state index contributed by atoms with van der Waals surface area (Å²) in [5.74, 6) is 0.872. The number of nitriles is 1. The van der Waals surface area contributed by atoms with Crippen LogP contribution in [0, 0.1) is 32.1 Å². The lowest BCUT2D eigenvalue weighted by atomic mass is 10.1. The summed E-state index contributed by atoms with van der Waals surface area (Å²) >= 11 is 0. The number of allylic oxidation sites excluding steroid dienone is 1. The summed E-state index contributed by atoms with van der Waals surface area (Å²) in [6, 6.07) is 21.1. The van der Waals surface area contributed by atoms with Crippen LogP contribution in [0.5, 0.6) is 5.75 Å². The number of nitrogens with zero attached hydrogens (tertiary/aromatic N) is 2. The third-order valence-corrected chi connectivity index (χ3v) is 5.34. The summed E-state index contributed by atoms with van der Waals surface area (Å²) in [5, 5.41) is 12.5. The van der Waals surface area contributed by atoms with Gasteiger partial charge < -0.3 is 15.0 Å². The van der Waals surface area contributed by atoms with Crippen LogP contribution in [0.25, 0.3) is 22.7 Å². The fraction of sp³-hybridized carbons (Fsp3) is 0.148. The lowest BCUT2D eigenvalue weighted by molar-refractivity contribution is -0.118. The topological polar surface area (TPSA) is 90.8 Å². The number of H-pyrrole nitrogens is 1. The number of nitrogens with one attached hydrogen (secondary N) is 2. The summed E-state index contributed by atoms with van der Waals surface area (Å²) in [6.07, 6.45) is 1.77. The number of aromatic nitrogens is 2. The van der Waals surface area contributed by atoms with Gasteiger partial charge in [-0.1, -0.05) is 24.3 Å². The molecule has 0 saturated heterocycles. The number of carbonyl (C=O) groups excluding carboxylic acids is 1. The number of rotatable bonds is 6. The lowest BCUT2D eigenvalue weighted by Gasteiger charge is -2.08. The van der Waals surface area contributed by atoms with Gasteiger partial charge in [0.15, 0.2) is 6.61 Å². The SMILES string of the molecule is Cc1cccc(NC(=O)COc2ccc(C=C(C#N)c3nc4cc(C)c(C)cc4[nH]3)cc2)c1. The Morgan fingerprint density at radius 2 is 1.85 bits per heavy atom. The normalized spacial score (nSPS) is 11.3. The van der Waals surface area contributed by atoms with Crippen LogP contribution in [0.2, 0.25) is 0 Å². The third kappa shape index (κ3) is 5.28. The maximum absolute atomic E-state index is 12.1. The number of carbonyl (C=O) groups is 1. The molecule has 6 nitrogen and oxygen atoms in total. The van der Waals surface area contributed by atoms with E-state index in [2.05, 4.69) is 21.4 Å². The molecule has 1 aromatic heterocycles. The Morgan fingerprint density at radius 1 is 1.09 bits per heavy atom. The van der Waals surface area contributed by atoms with Gasteiger partial charge in [-0.2, -0.15) is 5.26 Å². The Labute approximate surface area is 192 Å². The zero-order chi connectivity index (χ0) is 23.4. The molecule has 0 spiro atoms. The molecule has 0 bridgehead atoms. The van der Waals surface area contributed by atoms with Crippen LogP contribution in [0.1, 0.15) is 28.1 Å². The van der Waals surface area contributed by atoms with Crippen molar-refractivity contribution in [2.75, 3.05) is 11.9 Å². The summed E-state index contributed by atoms with van der Waals surface area (Å²) in [6.45, 7) is 5.96. The quantitative estimate of drug-likeness (QED) is 0.387. The first kappa shape index (κ1) is 21.8. The number of hydrogen-bond donors (Lipinski definition) is 2. The molecule has 4 rings (SSSR count). The van der Waals surface area contributed by atoms with Gasteiger partial charge in [-0.05, 0) is 85.5 Å². The summed E-state index contributed by atoms with van der Waals surface area (Å²) in [5.41, 5.74) is 7.15.